The van der Waals surface area contributed by atoms with Gasteiger partial charge in [0.15, 0.2) is 0 Å². The molecule has 2 amide bonds. The number of rotatable bonds is 10. The second kappa shape index (κ2) is 10.9. The van der Waals surface area contributed by atoms with Crippen LogP contribution in [0.3, 0.4) is 0 Å². The average Bonchev–Trinajstić information content (AvgIpc) is 3.18. The van der Waals surface area contributed by atoms with Gasteiger partial charge in [-0.3, -0.25) is 9.59 Å². The van der Waals surface area contributed by atoms with E-state index in [1.54, 1.807) is 11.0 Å². The Morgan fingerprint density at radius 2 is 2.03 bits per heavy atom. The number of carbonyl (C=O) groups is 2. The lowest BCUT2D eigenvalue weighted by Gasteiger charge is -2.41. The van der Waals surface area contributed by atoms with Gasteiger partial charge < -0.3 is 29.9 Å². The number of ether oxygens (including phenoxy) is 2. The molecule has 8 heteroatoms. The highest BCUT2D eigenvalue weighted by molar-refractivity contribution is 5.96. The molecule has 1 aliphatic carbocycles. The molecule has 1 aromatic carbocycles. The minimum atomic E-state index is -1.00. The number of hydrogen-bond acceptors (Lipinski definition) is 6. The summed E-state index contributed by atoms with van der Waals surface area (Å²) in [5.74, 6) is -0.533. The fourth-order valence-corrected chi connectivity index (χ4v) is 4.41. The molecule has 0 saturated heterocycles. The summed E-state index contributed by atoms with van der Waals surface area (Å²) in [6.45, 7) is 6.97. The molecule has 0 saturated carbocycles. The van der Waals surface area contributed by atoms with E-state index in [0.29, 0.717) is 37.5 Å². The number of nitrogens with zero attached hydrogens (tertiary/aromatic N) is 1. The molecule has 4 atom stereocenters. The Balaban J connectivity index is 1.98. The first-order valence-electron chi connectivity index (χ1n) is 11.3. The highest BCUT2D eigenvalue weighted by atomic mass is 16.5. The second-order valence-electron chi connectivity index (χ2n) is 8.42. The van der Waals surface area contributed by atoms with Crippen LogP contribution < -0.4 is 10.1 Å². The number of aliphatic hydroxyl groups excluding tert-OH is 2. The van der Waals surface area contributed by atoms with Gasteiger partial charge in [-0.2, -0.15) is 0 Å². The van der Waals surface area contributed by atoms with Crippen molar-refractivity contribution in [3.63, 3.8) is 0 Å². The van der Waals surface area contributed by atoms with E-state index in [4.69, 9.17) is 14.6 Å². The molecular weight excluding hydrogens is 412 g/mol. The molecule has 0 radical (unpaired) electrons. The third kappa shape index (κ3) is 4.98. The fourth-order valence-electron chi connectivity index (χ4n) is 4.41. The Bertz CT molecular complexity index is 840. The third-order valence-electron chi connectivity index (χ3n) is 5.91. The van der Waals surface area contributed by atoms with Crippen molar-refractivity contribution in [1.82, 2.24) is 10.2 Å². The highest BCUT2D eigenvalue weighted by Gasteiger charge is 2.50. The second-order valence-corrected chi connectivity index (χ2v) is 8.42. The van der Waals surface area contributed by atoms with E-state index in [0.717, 1.165) is 5.56 Å². The first-order valence-corrected chi connectivity index (χ1v) is 11.3. The summed E-state index contributed by atoms with van der Waals surface area (Å²) in [6, 6.07) is 6.71. The molecule has 1 aliphatic heterocycles. The van der Waals surface area contributed by atoms with Crippen molar-refractivity contribution < 1.29 is 29.3 Å². The zero-order valence-electron chi connectivity index (χ0n) is 19.0. The largest absolute Gasteiger partial charge is 0.486 e. The molecular formula is C24H34N2O6. The summed E-state index contributed by atoms with van der Waals surface area (Å²) in [5.41, 5.74) is 1.27. The lowest BCUT2D eigenvalue weighted by Crippen LogP contribution is -2.56. The monoisotopic (exact) mass is 446 g/mol. The van der Waals surface area contributed by atoms with E-state index in [1.807, 2.05) is 45.0 Å². The number of carbonyl (C=O) groups excluding carboxylic acids is 2. The summed E-state index contributed by atoms with van der Waals surface area (Å²) in [4.78, 5) is 27.8. The lowest BCUT2D eigenvalue weighted by molar-refractivity contribution is -0.140. The van der Waals surface area contributed by atoms with Crippen LogP contribution in [-0.4, -0.2) is 78.1 Å². The maximum absolute atomic E-state index is 13.1. The van der Waals surface area contributed by atoms with Gasteiger partial charge in [-0.05, 0) is 25.5 Å². The molecule has 4 unspecified atom stereocenters. The van der Waals surface area contributed by atoms with Crippen LogP contribution in [0.2, 0.25) is 0 Å². The molecule has 1 aromatic rings. The molecule has 0 aromatic heterocycles. The average molecular weight is 447 g/mol. The van der Waals surface area contributed by atoms with E-state index in [1.165, 1.54) is 0 Å². The molecule has 2 aliphatic rings. The summed E-state index contributed by atoms with van der Waals surface area (Å²) in [6.07, 6.45) is 0.624. The molecule has 8 nitrogen and oxygen atoms in total. The van der Waals surface area contributed by atoms with Crippen LogP contribution in [0, 0.1) is 5.92 Å². The van der Waals surface area contributed by atoms with Crippen molar-refractivity contribution in [2.45, 2.75) is 51.4 Å². The smallest absolute Gasteiger partial charge is 0.247 e. The fraction of sp³-hybridized carbons (Fsp3) is 0.583. The standard InChI is InChI=1S/C24H34N2O6/c1-4-31-13-7-11-26(24(30)15(2)3)18-14-17(23(29)25-10-12-27)20-16-8-5-6-9-19(16)32-22(20)21(18)28/h5-6,8-9,14-15,18,20-22,27-28H,4,7,10-13H2,1-3H3,(H,25,29). The maximum Gasteiger partial charge on any atom is 0.247 e. The van der Waals surface area contributed by atoms with E-state index in [9.17, 15) is 14.7 Å². The number of amides is 2. The molecule has 0 fully saturated rings. The van der Waals surface area contributed by atoms with Gasteiger partial charge in [0, 0.05) is 43.4 Å². The predicted molar refractivity (Wildman–Crippen MR) is 119 cm³/mol. The molecule has 3 rings (SSSR count). The summed E-state index contributed by atoms with van der Waals surface area (Å²) >= 11 is 0. The van der Waals surface area contributed by atoms with Gasteiger partial charge in [0.2, 0.25) is 11.8 Å². The topological polar surface area (TPSA) is 108 Å². The lowest BCUT2D eigenvalue weighted by atomic mass is 9.77. The molecule has 32 heavy (non-hydrogen) atoms. The number of para-hydroxylation sites is 1. The van der Waals surface area contributed by atoms with Crippen LogP contribution in [0.15, 0.2) is 35.9 Å². The number of fused-ring (bicyclic) bond motifs is 3. The number of aliphatic hydroxyl groups is 2. The quantitative estimate of drug-likeness (QED) is 0.467. The normalized spacial score (nSPS) is 23.8. The number of benzene rings is 1. The van der Waals surface area contributed by atoms with Crippen LogP contribution in [0.5, 0.6) is 5.75 Å². The van der Waals surface area contributed by atoms with Gasteiger partial charge in [0.1, 0.15) is 18.0 Å². The maximum atomic E-state index is 13.1. The van der Waals surface area contributed by atoms with Crippen molar-refractivity contribution in [2.75, 3.05) is 32.9 Å². The predicted octanol–water partition coefficient (Wildman–Crippen LogP) is 1.22. The van der Waals surface area contributed by atoms with Gasteiger partial charge in [-0.25, -0.2) is 0 Å². The molecule has 3 N–H and O–H groups in total. The van der Waals surface area contributed by atoms with E-state index >= 15 is 0 Å². The van der Waals surface area contributed by atoms with Crippen LogP contribution in [0.4, 0.5) is 0 Å². The van der Waals surface area contributed by atoms with E-state index in [-0.39, 0.29) is 30.9 Å². The molecule has 0 bridgehead atoms. The van der Waals surface area contributed by atoms with E-state index < -0.39 is 24.2 Å². The van der Waals surface area contributed by atoms with Gasteiger partial charge >= 0.3 is 0 Å². The first kappa shape index (κ1) is 24.2. The highest BCUT2D eigenvalue weighted by Crippen LogP contribution is 2.47. The summed E-state index contributed by atoms with van der Waals surface area (Å²) in [5, 5.41) is 23.2. The minimum absolute atomic E-state index is 0.106. The van der Waals surface area contributed by atoms with Crippen molar-refractivity contribution in [2.24, 2.45) is 5.92 Å². The molecule has 176 valence electrons. The Kier molecular flexibility index (Phi) is 8.28. The van der Waals surface area contributed by atoms with Crippen LogP contribution >= 0.6 is 0 Å². The zero-order chi connectivity index (χ0) is 23.3. The van der Waals surface area contributed by atoms with Gasteiger partial charge in [-0.1, -0.05) is 32.0 Å². The third-order valence-corrected chi connectivity index (χ3v) is 5.91. The minimum Gasteiger partial charge on any atom is -0.486 e. The van der Waals surface area contributed by atoms with Crippen LogP contribution in [0.1, 0.15) is 38.7 Å². The zero-order valence-corrected chi connectivity index (χ0v) is 19.0. The van der Waals surface area contributed by atoms with Crippen LogP contribution in [-0.2, 0) is 14.3 Å². The Labute approximate surface area is 189 Å². The van der Waals surface area contributed by atoms with Crippen molar-refractivity contribution >= 4 is 11.8 Å². The Morgan fingerprint density at radius 3 is 2.72 bits per heavy atom. The van der Waals surface area contributed by atoms with Gasteiger partial charge in [-0.15, -0.1) is 0 Å². The SMILES string of the molecule is CCOCCCN(C(=O)C(C)C)C1C=C(C(=O)NCCO)C2c3ccccc3OC2C1O. The van der Waals surface area contributed by atoms with Gasteiger partial charge in [0.25, 0.3) is 0 Å². The molecule has 0 spiro atoms. The molecule has 1 heterocycles. The van der Waals surface area contributed by atoms with Gasteiger partial charge in [0.05, 0.1) is 18.6 Å². The summed E-state index contributed by atoms with van der Waals surface area (Å²) < 4.78 is 11.5. The van der Waals surface area contributed by atoms with E-state index in [2.05, 4.69) is 5.32 Å². The Hall–Kier alpha value is -2.42. The first-order chi connectivity index (χ1) is 15.4. The van der Waals surface area contributed by atoms with Crippen LogP contribution in [0.25, 0.3) is 0 Å². The summed E-state index contributed by atoms with van der Waals surface area (Å²) in [7, 11) is 0. The number of hydrogen-bond donors (Lipinski definition) is 3. The van der Waals surface area contributed by atoms with Crippen molar-refractivity contribution in [3.8, 4) is 5.75 Å². The Morgan fingerprint density at radius 1 is 1.28 bits per heavy atom. The number of nitrogens with one attached hydrogen (secondary N) is 1. The van der Waals surface area contributed by atoms with Crippen molar-refractivity contribution in [1.29, 1.82) is 0 Å². The van der Waals surface area contributed by atoms with Crippen molar-refractivity contribution in [3.05, 3.63) is 41.5 Å².